The van der Waals surface area contributed by atoms with Crippen molar-refractivity contribution in [2.24, 2.45) is 0 Å². The molecule has 0 fully saturated rings. The Balaban J connectivity index is 1.82. The summed E-state index contributed by atoms with van der Waals surface area (Å²) < 4.78 is 1.55. The first kappa shape index (κ1) is 16.8. The van der Waals surface area contributed by atoms with E-state index < -0.39 is 0 Å². The maximum atomic E-state index is 12.6. The molecule has 0 aliphatic heterocycles. The molecule has 25 heavy (non-hydrogen) atoms. The molecular weight excluding hydrogens is 314 g/mol. The molecule has 1 aromatic heterocycles. The van der Waals surface area contributed by atoms with Crippen molar-refractivity contribution in [1.29, 1.82) is 0 Å². The summed E-state index contributed by atoms with van der Waals surface area (Å²) in [5, 5.41) is 14.1. The minimum absolute atomic E-state index is 0.0613. The van der Waals surface area contributed by atoms with Crippen molar-refractivity contribution in [1.82, 2.24) is 20.2 Å². The van der Waals surface area contributed by atoms with Crippen LogP contribution in [-0.2, 0) is 5.41 Å². The molecule has 0 saturated carbocycles. The van der Waals surface area contributed by atoms with Crippen LogP contribution in [0.4, 0.5) is 5.69 Å². The van der Waals surface area contributed by atoms with Crippen molar-refractivity contribution in [2.75, 3.05) is 5.32 Å². The molecule has 6 nitrogen and oxygen atoms in total. The fourth-order valence-corrected chi connectivity index (χ4v) is 2.48. The second kappa shape index (κ2) is 6.47. The van der Waals surface area contributed by atoms with E-state index in [-0.39, 0.29) is 11.3 Å². The summed E-state index contributed by atoms with van der Waals surface area (Å²) in [7, 11) is 0. The third-order valence-electron chi connectivity index (χ3n) is 4.10. The topological polar surface area (TPSA) is 72.7 Å². The zero-order valence-corrected chi connectivity index (χ0v) is 14.8. The second-order valence-corrected chi connectivity index (χ2v) is 7.04. The van der Waals surface area contributed by atoms with E-state index in [4.69, 9.17) is 0 Å². The van der Waals surface area contributed by atoms with Crippen LogP contribution in [0.5, 0.6) is 0 Å². The molecule has 0 saturated heterocycles. The first-order chi connectivity index (χ1) is 11.8. The van der Waals surface area contributed by atoms with Gasteiger partial charge in [-0.25, -0.2) is 4.68 Å². The summed E-state index contributed by atoms with van der Waals surface area (Å²) in [6.07, 6.45) is 1.52. The van der Waals surface area contributed by atoms with Crippen LogP contribution in [0.2, 0.25) is 0 Å². The number of nitrogens with zero attached hydrogens (tertiary/aromatic N) is 4. The number of benzene rings is 2. The smallest absolute Gasteiger partial charge is 0.255 e. The predicted octanol–water partition coefficient (Wildman–Crippen LogP) is 3.52. The maximum Gasteiger partial charge on any atom is 0.255 e. The molecule has 0 radical (unpaired) electrons. The Hall–Kier alpha value is -3.02. The zero-order chi connectivity index (χ0) is 18.0. The molecular formula is C19H21N5O. The fourth-order valence-electron chi connectivity index (χ4n) is 2.48. The largest absolute Gasteiger partial charge is 0.322 e. The number of hydrogen-bond donors (Lipinski definition) is 1. The molecule has 0 bridgehead atoms. The van der Waals surface area contributed by atoms with Crippen LogP contribution in [-0.4, -0.2) is 26.1 Å². The molecule has 1 amide bonds. The van der Waals surface area contributed by atoms with Gasteiger partial charge in [0.25, 0.3) is 5.91 Å². The Morgan fingerprint density at radius 2 is 1.80 bits per heavy atom. The number of amides is 1. The van der Waals surface area contributed by atoms with E-state index in [1.54, 1.807) is 4.68 Å². The van der Waals surface area contributed by atoms with Crippen molar-refractivity contribution in [3.05, 3.63) is 65.5 Å². The second-order valence-electron chi connectivity index (χ2n) is 7.04. The lowest BCUT2D eigenvalue weighted by Crippen LogP contribution is -2.15. The molecule has 0 aliphatic rings. The van der Waals surface area contributed by atoms with Gasteiger partial charge in [-0.1, -0.05) is 39.0 Å². The zero-order valence-electron chi connectivity index (χ0n) is 14.8. The van der Waals surface area contributed by atoms with Gasteiger partial charge in [-0.05, 0) is 58.2 Å². The lowest BCUT2D eigenvalue weighted by atomic mass is 9.87. The van der Waals surface area contributed by atoms with Gasteiger partial charge in [0.2, 0.25) is 0 Å². The van der Waals surface area contributed by atoms with Crippen LogP contribution >= 0.6 is 0 Å². The Labute approximate surface area is 146 Å². The number of carbonyl (C=O) groups excluding carboxylic acids is 1. The number of nitrogens with one attached hydrogen (secondary N) is 1. The van der Waals surface area contributed by atoms with Crippen LogP contribution in [0, 0.1) is 6.92 Å². The highest BCUT2D eigenvalue weighted by Crippen LogP contribution is 2.23. The summed E-state index contributed by atoms with van der Waals surface area (Å²) >= 11 is 0. The predicted molar refractivity (Wildman–Crippen MR) is 97.0 cm³/mol. The summed E-state index contributed by atoms with van der Waals surface area (Å²) in [6, 6.07) is 13.4. The number of hydrogen-bond acceptors (Lipinski definition) is 4. The number of anilines is 1. The standard InChI is InChI=1S/C19H21N5O/c1-13-5-10-16(24-12-20-22-23-24)11-17(13)21-18(25)14-6-8-15(9-7-14)19(2,3)4/h5-12H,1-4H3,(H,21,25). The molecule has 1 N–H and O–H groups in total. The third-order valence-corrected chi connectivity index (χ3v) is 4.10. The van der Waals surface area contributed by atoms with Gasteiger partial charge in [-0.2, -0.15) is 0 Å². The maximum absolute atomic E-state index is 12.6. The highest BCUT2D eigenvalue weighted by atomic mass is 16.1. The molecule has 2 aromatic carbocycles. The number of carbonyl (C=O) groups is 1. The lowest BCUT2D eigenvalue weighted by Gasteiger charge is -2.19. The van der Waals surface area contributed by atoms with Crippen LogP contribution in [0.1, 0.15) is 42.3 Å². The minimum Gasteiger partial charge on any atom is -0.322 e. The average molecular weight is 335 g/mol. The quantitative estimate of drug-likeness (QED) is 0.795. The van der Waals surface area contributed by atoms with E-state index in [0.717, 1.165) is 16.9 Å². The third kappa shape index (κ3) is 3.74. The molecule has 0 spiro atoms. The Kier molecular flexibility index (Phi) is 4.35. The van der Waals surface area contributed by atoms with Crippen molar-refractivity contribution in [3.63, 3.8) is 0 Å². The van der Waals surface area contributed by atoms with E-state index >= 15 is 0 Å². The SMILES string of the molecule is Cc1ccc(-n2cnnn2)cc1NC(=O)c1ccc(C(C)(C)C)cc1. The van der Waals surface area contributed by atoms with Crippen LogP contribution < -0.4 is 5.32 Å². The van der Waals surface area contributed by atoms with E-state index in [1.807, 2.05) is 49.4 Å². The minimum atomic E-state index is -0.141. The normalized spacial score (nSPS) is 11.4. The first-order valence-electron chi connectivity index (χ1n) is 8.10. The van der Waals surface area contributed by atoms with Crippen molar-refractivity contribution in [2.45, 2.75) is 33.1 Å². The Bertz CT molecular complexity index is 877. The van der Waals surface area contributed by atoms with Gasteiger partial charge < -0.3 is 5.32 Å². The van der Waals surface area contributed by atoms with Crippen LogP contribution in [0.3, 0.4) is 0 Å². The van der Waals surface area contributed by atoms with E-state index in [0.29, 0.717) is 5.56 Å². The van der Waals surface area contributed by atoms with E-state index in [1.165, 1.54) is 11.9 Å². The molecule has 3 rings (SSSR count). The van der Waals surface area contributed by atoms with Gasteiger partial charge in [-0.15, -0.1) is 5.10 Å². The molecule has 6 heteroatoms. The van der Waals surface area contributed by atoms with Gasteiger partial charge >= 0.3 is 0 Å². The lowest BCUT2D eigenvalue weighted by molar-refractivity contribution is 0.102. The van der Waals surface area contributed by atoms with E-state index in [9.17, 15) is 4.79 Å². The number of tetrazole rings is 1. The van der Waals surface area contributed by atoms with E-state index in [2.05, 4.69) is 41.6 Å². The summed E-state index contributed by atoms with van der Waals surface area (Å²) in [4.78, 5) is 12.6. The average Bonchev–Trinajstić information content (AvgIpc) is 3.10. The molecule has 128 valence electrons. The number of aryl methyl sites for hydroxylation is 1. The Morgan fingerprint density at radius 3 is 2.40 bits per heavy atom. The Morgan fingerprint density at radius 1 is 1.08 bits per heavy atom. The molecule has 1 heterocycles. The molecule has 3 aromatic rings. The molecule has 0 unspecified atom stereocenters. The first-order valence-corrected chi connectivity index (χ1v) is 8.10. The monoisotopic (exact) mass is 335 g/mol. The van der Waals surface area contributed by atoms with Gasteiger partial charge in [0, 0.05) is 11.3 Å². The van der Waals surface area contributed by atoms with Gasteiger partial charge in [0.1, 0.15) is 6.33 Å². The van der Waals surface area contributed by atoms with Crippen LogP contribution in [0.15, 0.2) is 48.8 Å². The summed E-state index contributed by atoms with van der Waals surface area (Å²) in [5.74, 6) is -0.141. The van der Waals surface area contributed by atoms with Crippen LogP contribution in [0.25, 0.3) is 5.69 Å². The summed E-state index contributed by atoms with van der Waals surface area (Å²) in [6.45, 7) is 8.39. The highest BCUT2D eigenvalue weighted by Gasteiger charge is 2.15. The van der Waals surface area contributed by atoms with Crippen molar-refractivity contribution >= 4 is 11.6 Å². The summed E-state index contributed by atoms with van der Waals surface area (Å²) in [5.41, 5.74) is 4.37. The highest BCUT2D eigenvalue weighted by molar-refractivity contribution is 6.04. The van der Waals surface area contributed by atoms with Crippen molar-refractivity contribution < 1.29 is 4.79 Å². The van der Waals surface area contributed by atoms with Gasteiger partial charge in [0.15, 0.2) is 0 Å². The number of aromatic nitrogens is 4. The molecule has 0 atom stereocenters. The number of rotatable bonds is 3. The molecule has 0 aliphatic carbocycles. The van der Waals surface area contributed by atoms with Gasteiger partial charge in [0.05, 0.1) is 5.69 Å². The van der Waals surface area contributed by atoms with Gasteiger partial charge in [-0.3, -0.25) is 4.79 Å². The van der Waals surface area contributed by atoms with Crippen molar-refractivity contribution in [3.8, 4) is 5.69 Å². The fraction of sp³-hybridized carbons (Fsp3) is 0.263.